The van der Waals surface area contributed by atoms with Gasteiger partial charge in [-0.1, -0.05) is 44.2 Å². The monoisotopic (exact) mass is 289 g/mol. The zero-order chi connectivity index (χ0) is 15.4. The van der Waals surface area contributed by atoms with E-state index in [0.717, 1.165) is 12.0 Å². The Hall–Kier alpha value is -1.74. The van der Waals surface area contributed by atoms with E-state index in [-0.39, 0.29) is 6.04 Å². The van der Waals surface area contributed by atoms with Gasteiger partial charge in [0.1, 0.15) is 0 Å². The number of hydrogen-bond acceptors (Lipinski definition) is 1. The van der Waals surface area contributed by atoms with E-state index in [1.807, 2.05) is 7.05 Å². The SMILES string of the molecule is CNC(Cc1ccc(C(C)C)cc1)c1ccc(F)c(F)c1. The second-order valence-corrected chi connectivity index (χ2v) is 5.62. The summed E-state index contributed by atoms with van der Waals surface area (Å²) in [6.45, 7) is 4.32. The lowest BCUT2D eigenvalue weighted by molar-refractivity contribution is 0.501. The molecule has 2 rings (SSSR count). The summed E-state index contributed by atoms with van der Waals surface area (Å²) in [6, 6.07) is 12.5. The molecule has 112 valence electrons. The van der Waals surface area contributed by atoms with Crippen molar-refractivity contribution >= 4 is 0 Å². The Labute approximate surface area is 125 Å². The highest BCUT2D eigenvalue weighted by Gasteiger charge is 2.13. The van der Waals surface area contributed by atoms with E-state index in [1.54, 1.807) is 6.07 Å². The highest BCUT2D eigenvalue weighted by Crippen LogP contribution is 2.22. The average molecular weight is 289 g/mol. The van der Waals surface area contributed by atoms with Crippen molar-refractivity contribution < 1.29 is 8.78 Å². The second kappa shape index (κ2) is 6.81. The Morgan fingerprint density at radius 3 is 2.05 bits per heavy atom. The van der Waals surface area contributed by atoms with Crippen LogP contribution in [0, 0.1) is 11.6 Å². The van der Waals surface area contributed by atoms with Gasteiger partial charge in [-0.15, -0.1) is 0 Å². The molecule has 3 heteroatoms. The Balaban J connectivity index is 2.16. The third-order valence-corrected chi connectivity index (χ3v) is 3.78. The zero-order valence-electron chi connectivity index (χ0n) is 12.7. The fraction of sp³-hybridized carbons (Fsp3) is 0.333. The maximum absolute atomic E-state index is 13.4. The van der Waals surface area contributed by atoms with E-state index in [2.05, 4.69) is 43.4 Å². The fourth-order valence-corrected chi connectivity index (χ4v) is 2.39. The largest absolute Gasteiger partial charge is 0.313 e. The molecule has 0 radical (unpaired) electrons. The van der Waals surface area contributed by atoms with E-state index >= 15 is 0 Å². The van der Waals surface area contributed by atoms with Crippen molar-refractivity contribution in [2.24, 2.45) is 0 Å². The molecule has 0 bridgehead atoms. The van der Waals surface area contributed by atoms with Gasteiger partial charge >= 0.3 is 0 Å². The van der Waals surface area contributed by atoms with Gasteiger partial charge in [-0.2, -0.15) is 0 Å². The molecule has 1 N–H and O–H groups in total. The smallest absolute Gasteiger partial charge is 0.159 e. The van der Waals surface area contributed by atoms with E-state index in [1.165, 1.54) is 23.3 Å². The van der Waals surface area contributed by atoms with Crippen molar-refractivity contribution in [2.75, 3.05) is 7.05 Å². The van der Waals surface area contributed by atoms with Crippen molar-refractivity contribution in [1.29, 1.82) is 0 Å². The van der Waals surface area contributed by atoms with E-state index in [0.29, 0.717) is 5.92 Å². The summed E-state index contributed by atoms with van der Waals surface area (Å²) in [5.74, 6) is -1.11. The number of benzene rings is 2. The van der Waals surface area contributed by atoms with Crippen LogP contribution < -0.4 is 5.32 Å². The lowest BCUT2D eigenvalue weighted by atomic mass is 9.96. The third kappa shape index (κ3) is 3.88. The topological polar surface area (TPSA) is 12.0 Å². The Bertz CT molecular complexity index is 591. The molecule has 0 aliphatic rings. The fourth-order valence-electron chi connectivity index (χ4n) is 2.39. The van der Waals surface area contributed by atoms with Crippen LogP contribution in [0.3, 0.4) is 0 Å². The lowest BCUT2D eigenvalue weighted by Gasteiger charge is -2.17. The van der Waals surface area contributed by atoms with Crippen LogP contribution >= 0.6 is 0 Å². The minimum atomic E-state index is -0.810. The van der Waals surface area contributed by atoms with Crippen molar-refractivity contribution in [3.63, 3.8) is 0 Å². The Morgan fingerprint density at radius 1 is 0.905 bits per heavy atom. The quantitative estimate of drug-likeness (QED) is 0.848. The maximum atomic E-state index is 13.4. The van der Waals surface area contributed by atoms with Crippen molar-refractivity contribution in [3.05, 3.63) is 70.8 Å². The molecule has 1 nitrogen and oxygen atoms in total. The molecule has 2 aromatic rings. The van der Waals surface area contributed by atoms with Gasteiger partial charge in [0, 0.05) is 6.04 Å². The first-order valence-corrected chi connectivity index (χ1v) is 7.22. The third-order valence-electron chi connectivity index (χ3n) is 3.78. The summed E-state index contributed by atoms with van der Waals surface area (Å²) >= 11 is 0. The molecule has 0 heterocycles. The Morgan fingerprint density at radius 2 is 1.52 bits per heavy atom. The van der Waals surface area contributed by atoms with Crippen LogP contribution in [-0.2, 0) is 6.42 Å². The van der Waals surface area contributed by atoms with Gasteiger partial charge in [-0.05, 0) is 48.2 Å². The van der Waals surface area contributed by atoms with Gasteiger partial charge in [0.2, 0.25) is 0 Å². The normalized spacial score (nSPS) is 12.7. The predicted octanol–water partition coefficient (Wildman–Crippen LogP) is 4.59. The summed E-state index contributed by atoms with van der Waals surface area (Å²) < 4.78 is 26.4. The minimum Gasteiger partial charge on any atom is -0.313 e. The lowest BCUT2D eigenvalue weighted by Crippen LogP contribution is -2.19. The number of rotatable bonds is 5. The van der Waals surface area contributed by atoms with Gasteiger partial charge in [0.05, 0.1) is 0 Å². The van der Waals surface area contributed by atoms with E-state index in [4.69, 9.17) is 0 Å². The molecule has 0 spiro atoms. The van der Waals surface area contributed by atoms with Gasteiger partial charge in [-0.25, -0.2) is 8.78 Å². The van der Waals surface area contributed by atoms with Crippen molar-refractivity contribution in [3.8, 4) is 0 Å². The summed E-state index contributed by atoms with van der Waals surface area (Å²) in [5, 5.41) is 3.16. The number of likely N-dealkylation sites (N-methyl/N-ethyl adjacent to an activating group) is 1. The molecular weight excluding hydrogens is 268 g/mol. The van der Waals surface area contributed by atoms with E-state index in [9.17, 15) is 8.78 Å². The first-order chi connectivity index (χ1) is 10.0. The van der Waals surface area contributed by atoms with Gasteiger partial charge in [0.25, 0.3) is 0 Å². The summed E-state index contributed by atoms with van der Waals surface area (Å²) in [5.41, 5.74) is 3.22. The van der Waals surface area contributed by atoms with Crippen LogP contribution in [0.15, 0.2) is 42.5 Å². The van der Waals surface area contributed by atoms with Crippen LogP contribution in [0.2, 0.25) is 0 Å². The first-order valence-electron chi connectivity index (χ1n) is 7.22. The molecule has 0 saturated carbocycles. The van der Waals surface area contributed by atoms with Crippen molar-refractivity contribution in [1.82, 2.24) is 5.32 Å². The van der Waals surface area contributed by atoms with Gasteiger partial charge < -0.3 is 5.32 Å². The summed E-state index contributed by atoms with van der Waals surface area (Å²) in [7, 11) is 1.83. The summed E-state index contributed by atoms with van der Waals surface area (Å²) in [4.78, 5) is 0. The molecule has 0 aliphatic carbocycles. The molecule has 0 amide bonds. The summed E-state index contributed by atoms with van der Waals surface area (Å²) in [6.07, 6.45) is 0.736. The van der Waals surface area contributed by atoms with Gasteiger partial charge in [-0.3, -0.25) is 0 Å². The molecule has 0 saturated heterocycles. The number of halogens is 2. The second-order valence-electron chi connectivity index (χ2n) is 5.62. The van der Waals surface area contributed by atoms with Crippen LogP contribution in [-0.4, -0.2) is 7.05 Å². The number of hydrogen-bond donors (Lipinski definition) is 1. The van der Waals surface area contributed by atoms with Crippen LogP contribution in [0.5, 0.6) is 0 Å². The molecule has 0 aromatic heterocycles. The zero-order valence-corrected chi connectivity index (χ0v) is 12.7. The maximum Gasteiger partial charge on any atom is 0.159 e. The highest BCUT2D eigenvalue weighted by atomic mass is 19.2. The van der Waals surface area contributed by atoms with Crippen LogP contribution in [0.4, 0.5) is 8.78 Å². The standard InChI is InChI=1S/C18H21F2N/c1-12(2)14-6-4-13(5-7-14)10-18(21-3)15-8-9-16(19)17(20)11-15/h4-9,11-12,18,21H,10H2,1-3H3. The molecule has 1 atom stereocenters. The Kier molecular flexibility index (Phi) is 5.07. The van der Waals surface area contributed by atoms with Gasteiger partial charge in [0.15, 0.2) is 11.6 Å². The molecule has 0 aliphatic heterocycles. The molecule has 2 aromatic carbocycles. The molecule has 0 fully saturated rings. The van der Waals surface area contributed by atoms with Crippen LogP contribution in [0.25, 0.3) is 0 Å². The first kappa shape index (κ1) is 15.6. The predicted molar refractivity (Wildman–Crippen MR) is 82.4 cm³/mol. The molecule has 1 unspecified atom stereocenters. The minimum absolute atomic E-state index is 0.0370. The highest BCUT2D eigenvalue weighted by molar-refractivity contribution is 5.28. The van der Waals surface area contributed by atoms with Crippen LogP contribution in [0.1, 0.15) is 42.5 Å². The molecule has 21 heavy (non-hydrogen) atoms. The number of nitrogens with one attached hydrogen (secondary N) is 1. The molecular formula is C18H21F2N. The average Bonchev–Trinajstić information content (AvgIpc) is 2.48. The van der Waals surface area contributed by atoms with E-state index < -0.39 is 11.6 Å². The van der Waals surface area contributed by atoms with Crippen molar-refractivity contribution in [2.45, 2.75) is 32.2 Å².